The molecule has 0 radical (unpaired) electrons. The van der Waals surface area contributed by atoms with Crippen LogP contribution < -0.4 is 15.0 Å². The van der Waals surface area contributed by atoms with Crippen molar-refractivity contribution >= 4 is 35.6 Å². The summed E-state index contributed by atoms with van der Waals surface area (Å²) in [5.41, 5.74) is 3.68. The van der Waals surface area contributed by atoms with Gasteiger partial charge in [0.2, 0.25) is 0 Å². The van der Waals surface area contributed by atoms with Crippen LogP contribution in [-0.2, 0) is 14.3 Å². The number of esters is 1. The Kier molecular flexibility index (Phi) is 7.24. The molecule has 1 saturated heterocycles. The smallest absolute Gasteiger partial charge is 0.338 e. The van der Waals surface area contributed by atoms with Gasteiger partial charge in [-0.3, -0.25) is 14.9 Å². The first-order valence-electron chi connectivity index (χ1n) is 11.9. The summed E-state index contributed by atoms with van der Waals surface area (Å²) in [7, 11) is 0. The van der Waals surface area contributed by atoms with Gasteiger partial charge in [-0.15, -0.1) is 0 Å². The third-order valence-electron chi connectivity index (χ3n) is 5.91. The first-order valence-corrected chi connectivity index (χ1v) is 11.9. The molecule has 2 heterocycles. The van der Waals surface area contributed by atoms with Crippen molar-refractivity contribution in [2.45, 2.75) is 27.7 Å². The molecule has 0 spiro atoms. The number of nitrogens with one attached hydrogen (secondary N) is 1. The summed E-state index contributed by atoms with van der Waals surface area (Å²) in [5.74, 6) is -1.28. The topological polar surface area (TPSA) is 107 Å². The van der Waals surface area contributed by atoms with Crippen LogP contribution in [-0.4, -0.2) is 41.6 Å². The Morgan fingerprint density at radius 3 is 2.19 bits per heavy atom. The molecule has 1 N–H and O–H groups in total. The minimum atomic E-state index is -0.816. The fourth-order valence-corrected chi connectivity index (χ4v) is 4.20. The molecule has 0 aliphatic carbocycles. The first kappa shape index (κ1) is 25.4. The molecule has 190 valence electrons. The van der Waals surface area contributed by atoms with Crippen LogP contribution in [0.4, 0.5) is 10.5 Å². The van der Waals surface area contributed by atoms with Crippen molar-refractivity contribution in [3.63, 3.8) is 0 Å². The maximum absolute atomic E-state index is 13.3. The van der Waals surface area contributed by atoms with Gasteiger partial charge in [-0.1, -0.05) is 0 Å². The van der Waals surface area contributed by atoms with E-state index in [1.165, 1.54) is 6.08 Å². The number of aryl methyl sites for hydroxylation is 1. The van der Waals surface area contributed by atoms with Crippen molar-refractivity contribution in [3.05, 3.63) is 82.7 Å². The molecule has 0 unspecified atom stereocenters. The summed E-state index contributed by atoms with van der Waals surface area (Å²) >= 11 is 0. The minimum absolute atomic E-state index is 0.161. The van der Waals surface area contributed by atoms with Gasteiger partial charge < -0.3 is 14.0 Å². The summed E-state index contributed by atoms with van der Waals surface area (Å²) in [6.07, 6.45) is 1.48. The largest absolute Gasteiger partial charge is 0.494 e. The number of aromatic nitrogens is 1. The Morgan fingerprint density at radius 1 is 0.919 bits per heavy atom. The highest BCUT2D eigenvalue weighted by Crippen LogP contribution is 2.27. The maximum Gasteiger partial charge on any atom is 0.338 e. The Labute approximate surface area is 214 Å². The van der Waals surface area contributed by atoms with E-state index in [9.17, 15) is 19.2 Å². The van der Waals surface area contributed by atoms with Crippen LogP contribution in [0, 0.1) is 13.8 Å². The fourth-order valence-electron chi connectivity index (χ4n) is 4.20. The summed E-state index contributed by atoms with van der Waals surface area (Å²) < 4.78 is 12.4. The predicted octanol–water partition coefficient (Wildman–Crippen LogP) is 4.34. The van der Waals surface area contributed by atoms with Gasteiger partial charge in [0.05, 0.1) is 24.5 Å². The number of ether oxygens (including phenoxy) is 2. The van der Waals surface area contributed by atoms with Gasteiger partial charge in [0.25, 0.3) is 11.8 Å². The number of anilines is 1. The van der Waals surface area contributed by atoms with Gasteiger partial charge in [0.15, 0.2) is 0 Å². The fraction of sp³-hybridized carbons (Fsp3) is 0.214. The second kappa shape index (κ2) is 10.5. The van der Waals surface area contributed by atoms with Crippen molar-refractivity contribution in [3.8, 4) is 11.4 Å². The molecule has 0 bridgehead atoms. The molecule has 9 heteroatoms. The molecule has 4 amide bonds. The van der Waals surface area contributed by atoms with Gasteiger partial charge in [-0.05, 0) is 93.9 Å². The third-order valence-corrected chi connectivity index (χ3v) is 5.91. The number of hydrogen-bond donors (Lipinski definition) is 1. The van der Waals surface area contributed by atoms with Crippen LogP contribution >= 0.6 is 0 Å². The van der Waals surface area contributed by atoms with Gasteiger partial charge in [-0.25, -0.2) is 14.5 Å². The SMILES string of the molecule is CCOC(=O)c1ccc(-n2c(C)cc(/C=C3\C(=O)NC(=O)N(c4ccc(OCC)cc4)C3=O)c2C)cc1. The first-order chi connectivity index (χ1) is 17.7. The molecular weight excluding hydrogens is 474 g/mol. The number of urea groups is 1. The molecule has 0 atom stereocenters. The van der Waals surface area contributed by atoms with Crippen molar-refractivity contribution < 1.29 is 28.7 Å². The van der Waals surface area contributed by atoms with E-state index in [2.05, 4.69) is 5.32 Å². The third kappa shape index (κ3) is 5.02. The lowest BCUT2D eigenvalue weighted by atomic mass is 10.1. The number of barbiturate groups is 1. The van der Waals surface area contributed by atoms with Gasteiger partial charge in [0, 0.05) is 17.1 Å². The monoisotopic (exact) mass is 501 g/mol. The number of amides is 4. The number of nitrogens with zero attached hydrogens (tertiary/aromatic N) is 2. The van der Waals surface area contributed by atoms with E-state index in [0.717, 1.165) is 22.0 Å². The summed E-state index contributed by atoms with van der Waals surface area (Å²) in [5, 5.41) is 2.25. The molecule has 1 aliphatic heterocycles. The van der Waals surface area contributed by atoms with E-state index in [0.29, 0.717) is 35.8 Å². The van der Waals surface area contributed by atoms with E-state index in [1.807, 2.05) is 31.4 Å². The van der Waals surface area contributed by atoms with E-state index in [1.54, 1.807) is 55.5 Å². The molecule has 1 aromatic heterocycles. The average molecular weight is 502 g/mol. The van der Waals surface area contributed by atoms with Crippen LogP contribution in [0.5, 0.6) is 5.75 Å². The van der Waals surface area contributed by atoms with Crippen LogP contribution in [0.3, 0.4) is 0 Å². The molecule has 1 fully saturated rings. The van der Waals surface area contributed by atoms with Gasteiger partial charge in [0.1, 0.15) is 11.3 Å². The number of carbonyl (C=O) groups is 4. The second-order valence-electron chi connectivity index (χ2n) is 8.31. The average Bonchev–Trinajstić information content (AvgIpc) is 3.15. The number of rotatable bonds is 7. The normalized spacial score (nSPS) is 14.6. The van der Waals surface area contributed by atoms with Gasteiger partial charge >= 0.3 is 12.0 Å². The van der Waals surface area contributed by atoms with E-state index in [-0.39, 0.29) is 5.57 Å². The maximum atomic E-state index is 13.3. The minimum Gasteiger partial charge on any atom is -0.494 e. The standard InChI is InChI=1S/C28H27N3O6/c1-5-36-23-13-11-22(12-14-23)31-26(33)24(25(32)29-28(31)35)16-20-15-17(3)30(18(20)4)21-9-7-19(8-10-21)27(34)37-6-2/h7-16H,5-6H2,1-4H3,(H,29,32,35)/b24-16+. The van der Waals surface area contributed by atoms with Crippen molar-refractivity contribution in [1.82, 2.24) is 9.88 Å². The van der Waals surface area contributed by atoms with Crippen LogP contribution in [0.15, 0.2) is 60.2 Å². The lowest BCUT2D eigenvalue weighted by Gasteiger charge is -2.26. The van der Waals surface area contributed by atoms with E-state index >= 15 is 0 Å². The summed E-state index contributed by atoms with van der Waals surface area (Å²) in [6.45, 7) is 8.14. The van der Waals surface area contributed by atoms with Gasteiger partial charge in [-0.2, -0.15) is 0 Å². The molecule has 1 aliphatic rings. The number of hydrogen-bond acceptors (Lipinski definition) is 6. The van der Waals surface area contributed by atoms with Crippen molar-refractivity contribution in [2.75, 3.05) is 18.1 Å². The molecular formula is C28H27N3O6. The zero-order valence-corrected chi connectivity index (χ0v) is 21.0. The Hall–Kier alpha value is -4.66. The molecule has 9 nitrogen and oxygen atoms in total. The highest BCUT2D eigenvalue weighted by atomic mass is 16.5. The quantitative estimate of drug-likeness (QED) is 0.293. The molecule has 4 rings (SSSR count). The van der Waals surface area contributed by atoms with Crippen molar-refractivity contribution in [2.24, 2.45) is 0 Å². The second-order valence-corrected chi connectivity index (χ2v) is 8.31. The lowest BCUT2D eigenvalue weighted by Crippen LogP contribution is -2.54. The number of carbonyl (C=O) groups excluding carboxylic acids is 4. The number of imide groups is 2. The molecule has 0 saturated carbocycles. The Balaban J connectivity index is 1.66. The molecule has 3 aromatic rings. The Bertz CT molecular complexity index is 1400. The van der Waals surface area contributed by atoms with E-state index < -0.39 is 23.8 Å². The molecule has 37 heavy (non-hydrogen) atoms. The van der Waals surface area contributed by atoms with E-state index in [4.69, 9.17) is 9.47 Å². The van der Waals surface area contributed by atoms with Crippen LogP contribution in [0.25, 0.3) is 11.8 Å². The van der Waals surface area contributed by atoms with Crippen molar-refractivity contribution in [1.29, 1.82) is 0 Å². The predicted molar refractivity (Wildman–Crippen MR) is 138 cm³/mol. The highest BCUT2D eigenvalue weighted by Gasteiger charge is 2.37. The highest BCUT2D eigenvalue weighted by molar-refractivity contribution is 6.39. The van der Waals surface area contributed by atoms with Crippen LogP contribution in [0.2, 0.25) is 0 Å². The lowest BCUT2D eigenvalue weighted by molar-refractivity contribution is -0.122. The zero-order chi connectivity index (χ0) is 26.7. The zero-order valence-electron chi connectivity index (χ0n) is 21.0. The number of benzene rings is 2. The summed E-state index contributed by atoms with van der Waals surface area (Å²) in [6, 6.07) is 14.5. The Morgan fingerprint density at radius 2 is 1.57 bits per heavy atom. The summed E-state index contributed by atoms with van der Waals surface area (Å²) in [4.78, 5) is 51.4. The van der Waals surface area contributed by atoms with Crippen LogP contribution in [0.1, 0.15) is 41.2 Å². The molecule has 2 aromatic carbocycles.